The van der Waals surface area contributed by atoms with Crippen molar-refractivity contribution in [3.8, 4) is 0 Å². The van der Waals surface area contributed by atoms with E-state index in [1.807, 2.05) is 0 Å². The molecule has 1 aliphatic rings. The average molecular weight is 140 g/mol. The van der Waals surface area contributed by atoms with Gasteiger partial charge in [0, 0.05) is 13.1 Å². The lowest BCUT2D eigenvalue weighted by Crippen LogP contribution is -2.37. The normalized spacial score (nSPS) is 20.7. The van der Waals surface area contributed by atoms with Crippen LogP contribution in [-0.4, -0.2) is 30.1 Å². The summed E-state index contributed by atoms with van der Waals surface area (Å²) >= 11 is 0. The summed E-state index contributed by atoms with van der Waals surface area (Å²) in [7, 11) is 0. The Morgan fingerprint density at radius 3 is 3.10 bits per heavy atom. The van der Waals surface area contributed by atoms with Crippen LogP contribution in [0.2, 0.25) is 0 Å². The van der Waals surface area contributed by atoms with E-state index in [0.29, 0.717) is 5.84 Å². The number of rotatable bonds is 2. The van der Waals surface area contributed by atoms with Crippen molar-refractivity contribution in [3.05, 3.63) is 12.7 Å². The molecule has 1 rings (SSSR count). The Bertz CT molecular complexity index is 154. The van der Waals surface area contributed by atoms with Gasteiger partial charge in [0.05, 0.1) is 0 Å². The summed E-state index contributed by atoms with van der Waals surface area (Å²) in [5, 5.41) is 12.2. The molecule has 1 atom stereocenters. The van der Waals surface area contributed by atoms with Gasteiger partial charge in [-0.25, -0.2) is 0 Å². The lowest BCUT2D eigenvalue weighted by Gasteiger charge is -2.16. The smallest absolute Gasteiger partial charge is 0.130 e. The molecule has 0 aliphatic carbocycles. The van der Waals surface area contributed by atoms with E-state index in [-0.39, 0.29) is 0 Å². The standard InChI is InChI=1S/C7H12N2O/c1-2-6(10)7-8-4-3-5-9-7/h2,6,10H,1,3-5H2,(H,8,9). The van der Waals surface area contributed by atoms with Gasteiger partial charge in [-0.3, -0.25) is 4.99 Å². The van der Waals surface area contributed by atoms with Crippen LogP contribution < -0.4 is 5.32 Å². The third-order valence-electron chi connectivity index (χ3n) is 1.43. The van der Waals surface area contributed by atoms with Gasteiger partial charge in [0.15, 0.2) is 0 Å². The van der Waals surface area contributed by atoms with Gasteiger partial charge in [-0.05, 0) is 6.42 Å². The fraction of sp³-hybridized carbons (Fsp3) is 0.571. The van der Waals surface area contributed by atoms with Crippen molar-refractivity contribution in [3.63, 3.8) is 0 Å². The molecule has 0 amide bonds. The minimum Gasteiger partial charge on any atom is -0.381 e. The molecule has 10 heavy (non-hydrogen) atoms. The molecule has 0 saturated heterocycles. The summed E-state index contributed by atoms with van der Waals surface area (Å²) in [6.45, 7) is 5.18. The molecule has 0 saturated carbocycles. The molecule has 1 aliphatic heterocycles. The van der Waals surface area contributed by atoms with E-state index in [1.165, 1.54) is 6.08 Å². The number of nitrogens with zero attached hydrogens (tertiary/aromatic N) is 1. The second-order valence-electron chi connectivity index (χ2n) is 2.23. The summed E-state index contributed by atoms with van der Waals surface area (Å²) in [6, 6.07) is 0. The van der Waals surface area contributed by atoms with Crippen LogP contribution in [-0.2, 0) is 0 Å². The lowest BCUT2D eigenvalue weighted by atomic mass is 10.2. The third kappa shape index (κ3) is 1.57. The highest BCUT2D eigenvalue weighted by atomic mass is 16.3. The maximum Gasteiger partial charge on any atom is 0.130 e. The predicted molar refractivity (Wildman–Crippen MR) is 41.1 cm³/mol. The summed E-state index contributed by atoms with van der Waals surface area (Å²) in [5.74, 6) is 0.654. The molecule has 0 aromatic heterocycles. The van der Waals surface area contributed by atoms with Gasteiger partial charge >= 0.3 is 0 Å². The highest BCUT2D eigenvalue weighted by Crippen LogP contribution is 1.94. The van der Waals surface area contributed by atoms with Gasteiger partial charge in [-0.15, -0.1) is 6.58 Å². The first-order chi connectivity index (χ1) is 4.84. The van der Waals surface area contributed by atoms with Crippen LogP contribution in [0.5, 0.6) is 0 Å². The lowest BCUT2D eigenvalue weighted by molar-refractivity contribution is 0.283. The zero-order valence-corrected chi connectivity index (χ0v) is 5.88. The molecule has 0 spiro atoms. The Hall–Kier alpha value is -0.830. The maximum absolute atomic E-state index is 9.17. The number of aliphatic hydroxyl groups is 1. The number of hydrogen-bond donors (Lipinski definition) is 2. The molecule has 0 aromatic carbocycles. The molecular weight excluding hydrogens is 128 g/mol. The summed E-state index contributed by atoms with van der Waals surface area (Å²) in [5.41, 5.74) is 0. The van der Waals surface area contributed by atoms with E-state index in [9.17, 15) is 5.11 Å². The van der Waals surface area contributed by atoms with E-state index in [2.05, 4.69) is 16.9 Å². The largest absolute Gasteiger partial charge is 0.381 e. The Kier molecular flexibility index (Phi) is 2.45. The Labute approximate surface area is 60.5 Å². The highest BCUT2D eigenvalue weighted by Gasteiger charge is 2.09. The molecule has 0 bridgehead atoms. The van der Waals surface area contributed by atoms with Gasteiger partial charge in [-0.1, -0.05) is 6.08 Å². The molecule has 1 unspecified atom stereocenters. The fourth-order valence-electron chi connectivity index (χ4n) is 0.861. The molecule has 3 heteroatoms. The van der Waals surface area contributed by atoms with E-state index in [0.717, 1.165) is 19.5 Å². The number of hydrogen-bond acceptors (Lipinski definition) is 3. The van der Waals surface area contributed by atoms with Crippen molar-refractivity contribution in [1.29, 1.82) is 0 Å². The zero-order valence-electron chi connectivity index (χ0n) is 5.88. The SMILES string of the molecule is C=CC(O)C1=NCCCN1. The van der Waals surface area contributed by atoms with Crippen LogP contribution in [0.3, 0.4) is 0 Å². The first-order valence-electron chi connectivity index (χ1n) is 3.43. The van der Waals surface area contributed by atoms with Crippen molar-refractivity contribution in [1.82, 2.24) is 5.32 Å². The van der Waals surface area contributed by atoms with Gasteiger partial charge in [0.1, 0.15) is 11.9 Å². The summed E-state index contributed by atoms with van der Waals surface area (Å²) < 4.78 is 0. The van der Waals surface area contributed by atoms with Crippen LogP contribution in [0.15, 0.2) is 17.6 Å². The minimum atomic E-state index is -0.611. The van der Waals surface area contributed by atoms with Gasteiger partial charge in [0.25, 0.3) is 0 Å². The molecular formula is C7H12N2O. The summed E-state index contributed by atoms with van der Waals surface area (Å²) in [4.78, 5) is 4.08. The minimum absolute atomic E-state index is 0.611. The molecule has 0 fully saturated rings. The topological polar surface area (TPSA) is 44.6 Å². The highest BCUT2D eigenvalue weighted by molar-refractivity contribution is 5.88. The molecule has 56 valence electrons. The first kappa shape index (κ1) is 7.28. The van der Waals surface area contributed by atoms with Crippen LogP contribution in [0.4, 0.5) is 0 Å². The van der Waals surface area contributed by atoms with Crippen LogP contribution in [0.25, 0.3) is 0 Å². The van der Waals surface area contributed by atoms with E-state index in [1.54, 1.807) is 0 Å². The van der Waals surface area contributed by atoms with E-state index >= 15 is 0 Å². The van der Waals surface area contributed by atoms with Crippen molar-refractivity contribution < 1.29 is 5.11 Å². The molecule has 1 heterocycles. The Morgan fingerprint density at radius 1 is 1.80 bits per heavy atom. The van der Waals surface area contributed by atoms with Gasteiger partial charge < -0.3 is 10.4 Å². The Balaban J connectivity index is 2.52. The average Bonchev–Trinajstić information content (AvgIpc) is 2.05. The monoisotopic (exact) mass is 140 g/mol. The fourth-order valence-corrected chi connectivity index (χ4v) is 0.861. The van der Waals surface area contributed by atoms with Crippen molar-refractivity contribution in [2.24, 2.45) is 4.99 Å². The number of amidine groups is 1. The molecule has 0 aromatic rings. The number of nitrogens with one attached hydrogen (secondary N) is 1. The Morgan fingerprint density at radius 2 is 2.60 bits per heavy atom. The van der Waals surface area contributed by atoms with Crippen LogP contribution in [0, 0.1) is 0 Å². The van der Waals surface area contributed by atoms with E-state index in [4.69, 9.17) is 0 Å². The second kappa shape index (κ2) is 3.37. The van der Waals surface area contributed by atoms with Crippen molar-refractivity contribution >= 4 is 5.84 Å². The van der Waals surface area contributed by atoms with Crippen LogP contribution >= 0.6 is 0 Å². The van der Waals surface area contributed by atoms with Gasteiger partial charge in [0.2, 0.25) is 0 Å². The zero-order chi connectivity index (χ0) is 7.40. The number of aliphatic hydroxyl groups excluding tert-OH is 1. The van der Waals surface area contributed by atoms with E-state index < -0.39 is 6.10 Å². The first-order valence-corrected chi connectivity index (χ1v) is 3.43. The van der Waals surface area contributed by atoms with Gasteiger partial charge in [-0.2, -0.15) is 0 Å². The molecule has 0 radical (unpaired) electrons. The quantitative estimate of drug-likeness (QED) is 0.527. The van der Waals surface area contributed by atoms with Crippen molar-refractivity contribution in [2.75, 3.05) is 13.1 Å². The summed E-state index contributed by atoms with van der Waals surface area (Å²) in [6.07, 6.45) is 1.91. The second-order valence-corrected chi connectivity index (χ2v) is 2.23. The third-order valence-corrected chi connectivity index (χ3v) is 1.43. The van der Waals surface area contributed by atoms with Crippen LogP contribution in [0.1, 0.15) is 6.42 Å². The predicted octanol–water partition coefficient (Wildman–Crippen LogP) is -0.0749. The van der Waals surface area contributed by atoms with Crippen molar-refractivity contribution in [2.45, 2.75) is 12.5 Å². The number of aliphatic imine (C=N–C) groups is 1. The molecule has 3 nitrogen and oxygen atoms in total. The molecule has 2 N–H and O–H groups in total. The maximum atomic E-state index is 9.17.